The van der Waals surface area contributed by atoms with E-state index in [1.807, 2.05) is 18.3 Å². The van der Waals surface area contributed by atoms with Gasteiger partial charge in [-0.2, -0.15) is 5.10 Å². The smallest absolute Gasteiger partial charge is 0.410 e. The Morgan fingerprint density at radius 1 is 1.31 bits per heavy atom. The maximum absolute atomic E-state index is 12.8. The Hall–Kier alpha value is -2.77. The lowest BCUT2D eigenvalue weighted by molar-refractivity contribution is 0.0435. The molecule has 0 radical (unpaired) electrons. The van der Waals surface area contributed by atoms with Crippen LogP contribution in [0.4, 0.5) is 4.79 Å². The van der Waals surface area contributed by atoms with Gasteiger partial charge in [-0.15, -0.1) is 0 Å². The lowest BCUT2D eigenvalue weighted by Crippen LogP contribution is -2.36. The predicted molar refractivity (Wildman–Crippen MR) is 91.6 cm³/mol. The summed E-state index contributed by atoms with van der Waals surface area (Å²) in [5, 5.41) is 4.14. The van der Waals surface area contributed by atoms with E-state index in [0.717, 1.165) is 12.8 Å². The van der Waals surface area contributed by atoms with Crippen LogP contribution in [0, 0.1) is 0 Å². The molecule has 1 atom stereocenters. The molecule has 2 fully saturated rings. The molecule has 0 aliphatic carbocycles. The number of likely N-dealkylation sites (N-methyl/N-ethyl adjacent to an activating group) is 1. The lowest BCUT2D eigenvalue weighted by Gasteiger charge is -2.25. The van der Waals surface area contributed by atoms with Crippen molar-refractivity contribution in [3.8, 4) is 0 Å². The van der Waals surface area contributed by atoms with Crippen molar-refractivity contribution in [2.75, 3.05) is 26.7 Å². The van der Waals surface area contributed by atoms with Gasteiger partial charge in [0.25, 0.3) is 5.91 Å². The average Bonchev–Trinajstić information content (AvgIpc) is 3.31. The SMILES string of the molecule is CN1C[C@]2(CCCN(C(=O)c3ccc(Cn4cccn4)o3)CC2)OC1=O. The predicted octanol–water partition coefficient (Wildman–Crippen LogP) is 1.97. The highest BCUT2D eigenvalue weighted by atomic mass is 16.6. The Morgan fingerprint density at radius 3 is 2.92 bits per heavy atom. The lowest BCUT2D eigenvalue weighted by atomic mass is 9.95. The second kappa shape index (κ2) is 6.51. The molecule has 2 aromatic heterocycles. The minimum Gasteiger partial charge on any atom is -0.454 e. The molecule has 2 saturated heterocycles. The zero-order valence-electron chi connectivity index (χ0n) is 14.8. The summed E-state index contributed by atoms with van der Waals surface area (Å²) in [4.78, 5) is 27.9. The Morgan fingerprint density at radius 2 is 2.19 bits per heavy atom. The van der Waals surface area contributed by atoms with E-state index < -0.39 is 5.60 Å². The summed E-state index contributed by atoms with van der Waals surface area (Å²) < 4.78 is 13.1. The number of aromatic nitrogens is 2. The van der Waals surface area contributed by atoms with E-state index in [1.54, 1.807) is 33.8 Å². The molecule has 8 nitrogen and oxygen atoms in total. The van der Waals surface area contributed by atoms with Crippen LogP contribution < -0.4 is 0 Å². The van der Waals surface area contributed by atoms with Gasteiger partial charge in [-0.25, -0.2) is 4.79 Å². The summed E-state index contributed by atoms with van der Waals surface area (Å²) in [5.74, 6) is 0.907. The molecule has 26 heavy (non-hydrogen) atoms. The second-order valence-corrected chi connectivity index (χ2v) is 7.02. The monoisotopic (exact) mass is 358 g/mol. The highest BCUT2D eigenvalue weighted by Gasteiger charge is 2.44. The number of hydrogen-bond acceptors (Lipinski definition) is 5. The Balaban J connectivity index is 1.41. The van der Waals surface area contributed by atoms with Gasteiger partial charge in [0.1, 0.15) is 11.4 Å². The Labute approximate surface area is 151 Å². The van der Waals surface area contributed by atoms with Crippen LogP contribution in [0.1, 0.15) is 35.6 Å². The quantitative estimate of drug-likeness (QED) is 0.838. The van der Waals surface area contributed by atoms with Crippen molar-refractivity contribution in [1.82, 2.24) is 19.6 Å². The number of furan rings is 1. The van der Waals surface area contributed by atoms with Crippen LogP contribution in [0.2, 0.25) is 0 Å². The number of likely N-dealkylation sites (tertiary alicyclic amines) is 1. The molecule has 1 spiro atoms. The molecular weight excluding hydrogens is 336 g/mol. The maximum atomic E-state index is 12.8. The first-order chi connectivity index (χ1) is 12.5. The summed E-state index contributed by atoms with van der Waals surface area (Å²) in [6.45, 7) is 2.26. The van der Waals surface area contributed by atoms with Crippen LogP contribution in [-0.2, 0) is 11.3 Å². The minimum atomic E-state index is -0.463. The van der Waals surface area contributed by atoms with Gasteiger partial charge in [-0.05, 0) is 31.0 Å². The molecule has 0 bridgehead atoms. The van der Waals surface area contributed by atoms with Crippen LogP contribution in [0.5, 0.6) is 0 Å². The fourth-order valence-corrected chi connectivity index (χ4v) is 3.71. The van der Waals surface area contributed by atoms with E-state index in [0.29, 0.717) is 44.1 Å². The molecule has 4 rings (SSSR count). The first-order valence-corrected chi connectivity index (χ1v) is 8.84. The van der Waals surface area contributed by atoms with Gasteiger partial charge >= 0.3 is 6.09 Å². The van der Waals surface area contributed by atoms with Crippen molar-refractivity contribution < 1.29 is 18.7 Å². The number of rotatable bonds is 3. The van der Waals surface area contributed by atoms with Gasteiger partial charge < -0.3 is 19.0 Å². The average molecular weight is 358 g/mol. The highest BCUT2D eigenvalue weighted by molar-refractivity contribution is 5.91. The summed E-state index contributed by atoms with van der Waals surface area (Å²) in [6.07, 6.45) is 5.49. The third-order valence-electron chi connectivity index (χ3n) is 5.08. The molecule has 2 aliphatic heterocycles. The van der Waals surface area contributed by atoms with Gasteiger partial charge in [-0.1, -0.05) is 0 Å². The molecular formula is C18H22N4O4. The molecule has 0 unspecified atom stereocenters. The van der Waals surface area contributed by atoms with Gasteiger partial charge in [0, 0.05) is 39.0 Å². The third-order valence-corrected chi connectivity index (χ3v) is 5.08. The van der Waals surface area contributed by atoms with E-state index in [4.69, 9.17) is 9.15 Å². The van der Waals surface area contributed by atoms with E-state index in [2.05, 4.69) is 5.10 Å². The molecule has 4 heterocycles. The van der Waals surface area contributed by atoms with Gasteiger partial charge in [0.05, 0.1) is 13.1 Å². The minimum absolute atomic E-state index is 0.119. The summed E-state index contributed by atoms with van der Waals surface area (Å²) in [6, 6.07) is 5.36. The zero-order chi connectivity index (χ0) is 18.1. The van der Waals surface area contributed by atoms with Crippen molar-refractivity contribution in [3.63, 3.8) is 0 Å². The number of carbonyl (C=O) groups is 2. The van der Waals surface area contributed by atoms with Gasteiger partial charge in [0.2, 0.25) is 0 Å². The zero-order valence-corrected chi connectivity index (χ0v) is 14.8. The number of nitrogens with zero attached hydrogens (tertiary/aromatic N) is 4. The van der Waals surface area contributed by atoms with Crippen molar-refractivity contribution in [1.29, 1.82) is 0 Å². The molecule has 138 valence electrons. The standard InChI is InChI=1S/C18H22N4O4/c1-20-13-18(26-17(20)24)6-2-9-21(11-7-18)16(23)15-5-4-14(25-15)12-22-10-3-8-19-22/h3-5,8,10H,2,6-7,9,11-13H2,1H3/t18-/m1/s1. The molecule has 0 aromatic carbocycles. The number of hydrogen-bond donors (Lipinski definition) is 0. The summed E-state index contributed by atoms with van der Waals surface area (Å²) in [7, 11) is 1.74. The molecule has 0 N–H and O–H groups in total. The molecule has 2 aliphatic rings. The van der Waals surface area contributed by atoms with Crippen molar-refractivity contribution in [2.24, 2.45) is 0 Å². The van der Waals surface area contributed by atoms with Gasteiger partial charge in [0.15, 0.2) is 5.76 Å². The van der Waals surface area contributed by atoms with Crippen LogP contribution >= 0.6 is 0 Å². The van der Waals surface area contributed by atoms with Crippen LogP contribution in [-0.4, -0.2) is 63.9 Å². The third kappa shape index (κ3) is 3.18. The van der Waals surface area contributed by atoms with Crippen LogP contribution in [0.3, 0.4) is 0 Å². The van der Waals surface area contributed by atoms with Crippen molar-refractivity contribution >= 4 is 12.0 Å². The fourth-order valence-electron chi connectivity index (χ4n) is 3.71. The number of amides is 2. The number of ether oxygens (including phenoxy) is 1. The van der Waals surface area contributed by atoms with Crippen molar-refractivity contribution in [3.05, 3.63) is 42.1 Å². The largest absolute Gasteiger partial charge is 0.454 e. The van der Waals surface area contributed by atoms with E-state index in [1.165, 1.54) is 0 Å². The second-order valence-electron chi connectivity index (χ2n) is 7.02. The summed E-state index contributed by atoms with van der Waals surface area (Å²) >= 11 is 0. The maximum Gasteiger partial charge on any atom is 0.410 e. The molecule has 2 aromatic rings. The molecule has 8 heteroatoms. The topological polar surface area (TPSA) is 80.8 Å². The summed E-state index contributed by atoms with van der Waals surface area (Å²) in [5.41, 5.74) is -0.463. The van der Waals surface area contributed by atoms with Crippen molar-refractivity contribution in [2.45, 2.75) is 31.4 Å². The number of carbonyl (C=O) groups excluding carboxylic acids is 2. The fraction of sp³-hybridized carbons (Fsp3) is 0.500. The van der Waals surface area contributed by atoms with Crippen LogP contribution in [0.15, 0.2) is 35.0 Å². The van der Waals surface area contributed by atoms with Crippen LogP contribution in [0.25, 0.3) is 0 Å². The first kappa shape index (κ1) is 16.7. The Kier molecular flexibility index (Phi) is 4.18. The molecule has 0 saturated carbocycles. The first-order valence-electron chi connectivity index (χ1n) is 8.84. The normalized spacial score (nSPS) is 23.3. The van der Waals surface area contributed by atoms with E-state index in [-0.39, 0.29) is 12.0 Å². The molecule has 2 amide bonds. The van der Waals surface area contributed by atoms with E-state index >= 15 is 0 Å². The Bertz CT molecular complexity index is 800. The highest BCUT2D eigenvalue weighted by Crippen LogP contribution is 2.33. The van der Waals surface area contributed by atoms with E-state index in [9.17, 15) is 9.59 Å². The van der Waals surface area contributed by atoms with Gasteiger partial charge in [-0.3, -0.25) is 9.48 Å².